The second-order valence-electron chi connectivity index (χ2n) is 6.48. The minimum atomic E-state index is -0.488. The van der Waals surface area contributed by atoms with Crippen LogP contribution in [-0.2, 0) is 27.6 Å². The summed E-state index contributed by atoms with van der Waals surface area (Å²) in [5, 5.41) is 10.3. The highest BCUT2D eigenvalue weighted by Gasteiger charge is 2.28. The predicted molar refractivity (Wildman–Crippen MR) is 88.6 cm³/mol. The third kappa shape index (κ3) is 3.82. The van der Waals surface area contributed by atoms with Crippen molar-refractivity contribution in [3.63, 3.8) is 0 Å². The molecule has 0 aromatic carbocycles. The van der Waals surface area contributed by atoms with Gasteiger partial charge in [-0.3, -0.25) is 9.59 Å². The third-order valence-corrected chi connectivity index (χ3v) is 4.37. The molecule has 0 saturated heterocycles. The number of rotatable bonds is 5. The summed E-state index contributed by atoms with van der Waals surface area (Å²) in [4.78, 5) is 24.2. The first-order valence-corrected chi connectivity index (χ1v) is 8.73. The lowest BCUT2D eigenvalue weighted by molar-refractivity contribution is -0.123. The number of nitrogens with one attached hydrogen (secondary N) is 2. The normalized spacial score (nSPS) is 13.8. The van der Waals surface area contributed by atoms with E-state index in [0.29, 0.717) is 12.4 Å². The molecule has 7 heteroatoms. The van der Waals surface area contributed by atoms with Crippen LogP contribution in [0.2, 0.25) is 0 Å². The van der Waals surface area contributed by atoms with Gasteiger partial charge in [0, 0.05) is 29.0 Å². The number of nitrogens with zero attached hydrogens (tertiary/aromatic N) is 2. The zero-order valence-electron chi connectivity index (χ0n) is 13.7. The SMILES string of the molecule is CCCNC(=O)Cn1nc2c(c1NC(=O)C(C)(C)C)CSC2. The third-order valence-electron chi connectivity index (χ3n) is 3.40. The van der Waals surface area contributed by atoms with E-state index < -0.39 is 5.41 Å². The first-order valence-electron chi connectivity index (χ1n) is 7.57. The molecule has 1 aliphatic rings. The van der Waals surface area contributed by atoms with Crippen LogP contribution >= 0.6 is 11.8 Å². The van der Waals surface area contributed by atoms with Crippen LogP contribution in [-0.4, -0.2) is 28.1 Å². The van der Waals surface area contributed by atoms with Gasteiger partial charge in [-0.05, 0) is 6.42 Å². The van der Waals surface area contributed by atoms with Crippen molar-refractivity contribution in [2.24, 2.45) is 5.41 Å². The standard InChI is InChI=1S/C15H24N4O2S/c1-5-6-16-12(20)7-19-13(17-14(21)15(2,3)4)10-8-22-9-11(10)18-19/h5-9H2,1-4H3,(H,16,20)(H,17,21). The van der Waals surface area contributed by atoms with E-state index >= 15 is 0 Å². The van der Waals surface area contributed by atoms with Gasteiger partial charge < -0.3 is 10.6 Å². The molecule has 1 aromatic heterocycles. The lowest BCUT2D eigenvalue weighted by Gasteiger charge is -2.19. The van der Waals surface area contributed by atoms with Crippen LogP contribution in [0, 0.1) is 5.41 Å². The van der Waals surface area contributed by atoms with E-state index in [0.717, 1.165) is 29.2 Å². The van der Waals surface area contributed by atoms with E-state index in [1.807, 2.05) is 27.7 Å². The highest BCUT2D eigenvalue weighted by atomic mass is 32.2. The van der Waals surface area contributed by atoms with E-state index in [1.165, 1.54) is 0 Å². The number of thioether (sulfide) groups is 1. The number of amides is 2. The Kier molecular flexibility index (Phi) is 5.16. The highest BCUT2D eigenvalue weighted by molar-refractivity contribution is 7.98. The van der Waals surface area contributed by atoms with Crippen molar-refractivity contribution in [2.45, 2.75) is 52.2 Å². The second kappa shape index (κ2) is 6.73. The van der Waals surface area contributed by atoms with Crippen LogP contribution in [0.25, 0.3) is 0 Å². The fourth-order valence-corrected chi connectivity index (χ4v) is 3.11. The number of fused-ring (bicyclic) bond motifs is 1. The van der Waals surface area contributed by atoms with Crippen molar-refractivity contribution in [3.05, 3.63) is 11.3 Å². The van der Waals surface area contributed by atoms with Gasteiger partial charge in [0.25, 0.3) is 0 Å². The van der Waals surface area contributed by atoms with Crippen molar-refractivity contribution in [2.75, 3.05) is 11.9 Å². The van der Waals surface area contributed by atoms with Gasteiger partial charge >= 0.3 is 0 Å². The average molecular weight is 324 g/mol. The monoisotopic (exact) mass is 324 g/mol. The quantitative estimate of drug-likeness (QED) is 0.870. The fourth-order valence-electron chi connectivity index (χ4n) is 2.07. The van der Waals surface area contributed by atoms with Crippen LogP contribution in [0.5, 0.6) is 0 Å². The number of anilines is 1. The Balaban J connectivity index is 2.20. The van der Waals surface area contributed by atoms with Crippen LogP contribution in [0.15, 0.2) is 0 Å². The number of aromatic nitrogens is 2. The molecule has 6 nitrogen and oxygen atoms in total. The summed E-state index contributed by atoms with van der Waals surface area (Å²) in [7, 11) is 0. The summed E-state index contributed by atoms with van der Waals surface area (Å²) in [5.41, 5.74) is 1.53. The van der Waals surface area contributed by atoms with E-state index in [1.54, 1.807) is 16.4 Å². The Morgan fingerprint density at radius 1 is 1.32 bits per heavy atom. The molecule has 0 radical (unpaired) electrons. The van der Waals surface area contributed by atoms with E-state index in [9.17, 15) is 9.59 Å². The molecule has 1 aromatic rings. The summed E-state index contributed by atoms with van der Waals surface area (Å²) in [6.07, 6.45) is 0.894. The van der Waals surface area contributed by atoms with Gasteiger partial charge in [-0.2, -0.15) is 16.9 Å². The van der Waals surface area contributed by atoms with Gasteiger partial charge in [0.1, 0.15) is 12.4 Å². The lowest BCUT2D eigenvalue weighted by atomic mass is 9.96. The van der Waals surface area contributed by atoms with Crippen molar-refractivity contribution in [1.82, 2.24) is 15.1 Å². The molecule has 2 heterocycles. The Morgan fingerprint density at radius 3 is 2.68 bits per heavy atom. The number of carbonyl (C=O) groups is 2. The van der Waals surface area contributed by atoms with Gasteiger partial charge in [0.15, 0.2) is 0 Å². The molecule has 2 rings (SSSR count). The van der Waals surface area contributed by atoms with Crippen molar-refractivity contribution >= 4 is 29.4 Å². The van der Waals surface area contributed by atoms with Crippen molar-refractivity contribution < 1.29 is 9.59 Å². The average Bonchev–Trinajstić information content (AvgIpc) is 2.98. The largest absolute Gasteiger partial charge is 0.355 e. The van der Waals surface area contributed by atoms with Crippen LogP contribution < -0.4 is 10.6 Å². The molecular formula is C15H24N4O2S. The minimum absolute atomic E-state index is 0.0673. The summed E-state index contributed by atoms with van der Waals surface area (Å²) in [6.45, 7) is 8.40. The second-order valence-corrected chi connectivity index (χ2v) is 7.46. The number of carbonyl (C=O) groups excluding carboxylic acids is 2. The zero-order valence-corrected chi connectivity index (χ0v) is 14.5. The summed E-state index contributed by atoms with van der Waals surface area (Å²) in [5.74, 6) is 2.18. The predicted octanol–water partition coefficient (Wildman–Crippen LogP) is 2.14. The minimum Gasteiger partial charge on any atom is -0.355 e. The van der Waals surface area contributed by atoms with Crippen molar-refractivity contribution in [1.29, 1.82) is 0 Å². The van der Waals surface area contributed by atoms with Gasteiger partial charge in [0.2, 0.25) is 11.8 Å². The van der Waals surface area contributed by atoms with Crippen molar-refractivity contribution in [3.8, 4) is 0 Å². The van der Waals surface area contributed by atoms with E-state index in [2.05, 4.69) is 15.7 Å². The summed E-state index contributed by atoms with van der Waals surface area (Å²) in [6, 6.07) is 0. The molecule has 0 bridgehead atoms. The number of hydrogen-bond donors (Lipinski definition) is 2. The Morgan fingerprint density at radius 2 is 2.05 bits per heavy atom. The lowest BCUT2D eigenvalue weighted by Crippen LogP contribution is -2.32. The van der Waals surface area contributed by atoms with Crippen LogP contribution in [0.3, 0.4) is 0 Å². The Labute approximate surface area is 135 Å². The summed E-state index contributed by atoms with van der Waals surface area (Å²) >= 11 is 1.77. The Hall–Kier alpha value is -1.50. The maximum absolute atomic E-state index is 12.3. The molecule has 0 fully saturated rings. The molecule has 0 spiro atoms. The van der Waals surface area contributed by atoms with Crippen LogP contribution in [0.4, 0.5) is 5.82 Å². The number of hydrogen-bond acceptors (Lipinski definition) is 4. The van der Waals surface area contributed by atoms with E-state index in [4.69, 9.17) is 0 Å². The summed E-state index contributed by atoms with van der Waals surface area (Å²) < 4.78 is 1.62. The maximum atomic E-state index is 12.3. The topological polar surface area (TPSA) is 76.0 Å². The molecular weight excluding hydrogens is 300 g/mol. The molecule has 2 N–H and O–H groups in total. The first kappa shape index (κ1) is 16.9. The molecule has 0 atom stereocenters. The molecule has 0 aliphatic carbocycles. The smallest absolute Gasteiger partial charge is 0.241 e. The van der Waals surface area contributed by atoms with Gasteiger partial charge in [-0.25, -0.2) is 4.68 Å². The first-order chi connectivity index (χ1) is 10.3. The van der Waals surface area contributed by atoms with Crippen LogP contribution in [0.1, 0.15) is 45.4 Å². The molecule has 1 aliphatic heterocycles. The molecule has 0 unspecified atom stereocenters. The maximum Gasteiger partial charge on any atom is 0.241 e. The highest BCUT2D eigenvalue weighted by Crippen LogP contribution is 2.35. The molecule has 0 saturated carbocycles. The van der Waals surface area contributed by atoms with E-state index in [-0.39, 0.29) is 18.4 Å². The Bertz CT molecular complexity index is 575. The fraction of sp³-hybridized carbons (Fsp3) is 0.667. The molecule has 2 amide bonds. The van der Waals surface area contributed by atoms with Gasteiger partial charge in [-0.1, -0.05) is 27.7 Å². The zero-order chi connectivity index (χ0) is 16.3. The van der Waals surface area contributed by atoms with Gasteiger partial charge in [-0.15, -0.1) is 0 Å². The molecule has 122 valence electrons. The van der Waals surface area contributed by atoms with Gasteiger partial charge in [0.05, 0.1) is 5.69 Å². The molecule has 22 heavy (non-hydrogen) atoms.